The van der Waals surface area contributed by atoms with Gasteiger partial charge in [-0.2, -0.15) is 0 Å². The molecule has 23 heavy (non-hydrogen) atoms. The van der Waals surface area contributed by atoms with Crippen LogP contribution >= 0.6 is 0 Å². The summed E-state index contributed by atoms with van der Waals surface area (Å²) in [4.78, 5) is 22.6. The van der Waals surface area contributed by atoms with Gasteiger partial charge in [0.05, 0.1) is 12.2 Å². The van der Waals surface area contributed by atoms with Crippen LogP contribution in [0.15, 0.2) is 30.3 Å². The maximum atomic E-state index is 11.4. The molecule has 6 heteroatoms. The second kappa shape index (κ2) is 7.10. The van der Waals surface area contributed by atoms with Crippen molar-refractivity contribution in [1.29, 1.82) is 0 Å². The van der Waals surface area contributed by atoms with E-state index in [2.05, 4.69) is 0 Å². The molecular formula is C17H22O6. The van der Waals surface area contributed by atoms with Crippen molar-refractivity contribution in [3.63, 3.8) is 0 Å². The molecule has 1 aromatic carbocycles. The molecule has 1 fully saturated rings. The molecular weight excluding hydrogens is 300 g/mol. The number of rotatable bonds is 5. The van der Waals surface area contributed by atoms with Crippen LogP contribution in [0.25, 0.3) is 0 Å². The topological polar surface area (TPSA) is 71.1 Å². The molecule has 126 valence electrons. The predicted octanol–water partition coefficient (Wildman–Crippen LogP) is 2.20. The molecule has 0 amide bonds. The minimum Gasteiger partial charge on any atom is -0.453 e. The zero-order valence-corrected chi connectivity index (χ0v) is 13.8. The largest absolute Gasteiger partial charge is 0.453 e. The number of hydrogen-bond acceptors (Lipinski definition) is 6. The van der Waals surface area contributed by atoms with Crippen molar-refractivity contribution in [2.45, 2.75) is 58.4 Å². The fourth-order valence-corrected chi connectivity index (χ4v) is 2.59. The molecule has 1 heterocycles. The molecule has 0 aromatic heterocycles. The maximum absolute atomic E-state index is 11.4. The van der Waals surface area contributed by atoms with Crippen molar-refractivity contribution < 1.29 is 28.5 Å². The summed E-state index contributed by atoms with van der Waals surface area (Å²) < 4.78 is 22.1. The fraction of sp³-hybridized carbons (Fsp3) is 0.529. The minimum atomic E-state index is -0.979. The molecule has 6 nitrogen and oxygen atoms in total. The Balaban J connectivity index is 2.14. The van der Waals surface area contributed by atoms with Gasteiger partial charge < -0.3 is 18.9 Å². The Kier molecular flexibility index (Phi) is 5.38. The van der Waals surface area contributed by atoms with Crippen LogP contribution in [0, 0.1) is 0 Å². The molecule has 0 radical (unpaired) electrons. The summed E-state index contributed by atoms with van der Waals surface area (Å²) in [5.41, 5.74) is 0.218. The molecule has 0 bridgehead atoms. The number of hydrogen-bond donors (Lipinski definition) is 0. The second-order valence-corrected chi connectivity index (χ2v) is 5.99. The van der Waals surface area contributed by atoms with E-state index in [-0.39, 0.29) is 0 Å². The standard InChI is InChI=1S/C17H22O6/c1-11(18)21-14-15(20-10-13-8-6-5-7-9-13)17(3,4)23-16(14)22-12(2)19/h5-9,14-16H,10H2,1-4H3/t14-,15+,16+/m1/s1. The van der Waals surface area contributed by atoms with E-state index in [0.717, 1.165) is 5.56 Å². The van der Waals surface area contributed by atoms with E-state index in [4.69, 9.17) is 18.9 Å². The number of carbonyl (C=O) groups excluding carboxylic acids is 2. The van der Waals surface area contributed by atoms with Gasteiger partial charge in [0.2, 0.25) is 6.29 Å². The van der Waals surface area contributed by atoms with Gasteiger partial charge in [0, 0.05) is 13.8 Å². The Morgan fingerprint density at radius 3 is 2.26 bits per heavy atom. The molecule has 0 unspecified atom stereocenters. The van der Waals surface area contributed by atoms with E-state index in [1.165, 1.54) is 13.8 Å². The van der Waals surface area contributed by atoms with Crippen LogP contribution in [-0.2, 0) is 35.1 Å². The molecule has 0 N–H and O–H groups in total. The van der Waals surface area contributed by atoms with Gasteiger partial charge in [0.25, 0.3) is 0 Å². The van der Waals surface area contributed by atoms with Crippen LogP contribution in [0.4, 0.5) is 0 Å². The van der Waals surface area contributed by atoms with Crippen LogP contribution in [0.5, 0.6) is 0 Å². The first-order valence-electron chi connectivity index (χ1n) is 7.47. The van der Waals surface area contributed by atoms with E-state index >= 15 is 0 Å². The third kappa shape index (κ3) is 4.53. The summed E-state index contributed by atoms with van der Waals surface area (Å²) in [5.74, 6) is -0.992. The van der Waals surface area contributed by atoms with Gasteiger partial charge in [-0.25, -0.2) is 0 Å². The molecule has 0 aliphatic carbocycles. The zero-order valence-electron chi connectivity index (χ0n) is 13.8. The smallest absolute Gasteiger partial charge is 0.305 e. The van der Waals surface area contributed by atoms with Crippen LogP contribution < -0.4 is 0 Å². The number of esters is 2. The number of carbonyl (C=O) groups is 2. The molecule has 3 atom stereocenters. The highest BCUT2D eigenvalue weighted by molar-refractivity contribution is 5.67. The minimum absolute atomic E-state index is 0.336. The van der Waals surface area contributed by atoms with Gasteiger partial charge in [-0.15, -0.1) is 0 Å². The molecule has 1 aliphatic rings. The lowest BCUT2D eigenvalue weighted by molar-refractivity contribution is -0.200. The van der Waals surface area contributed by atoms with Gasteiger partial charge in [0.15, 0.2) is 6.10 Å². The lowest BCUT2D eigenvalue weighted by Crippen LogP contribution is -2.43. The van der Waals surface area contributed by atoms with Crippen molar-refractivity contribution in [2.75, 3.05) is 0 Å². The van der Waals surface area contributed by atoms with Crippen LogP contribution in [0.2, 0.25) is 0 Å². The third-order valence-electron chi connectivity index (χ3n) is 3.53. The van der Waals surface area contributed by atoms with E-state index in [0.29, 0.717) is 6.61 Å². The molecule has 1 aliphatic heterocycles. The van der Waals surface area contributed by atoms with Crippen molar-refractivity contribution in [2.24, 2.45) is 0 Å². The monoisotopic (exact) mass is 322 g/mol. The Morgan fingerprint density at radius 1 is 1.09 bits per heavy atom. The highest BCUT2D eigenvalue weighted by atomic mass is 16.7. The number of benzene rings is 1. The first-order chi connectivity index (χ1) is 10.8. The molecule has 2 rings (SSSR count). The van der Waals surface area contributed by atoms with Crippen LogP contribution in [0.3, 0.4) is 0 Å². The summed E-state index contributed by atoms with van der Waals surface area (Å²) in [6.07, 6.45) is -2.35. The van der Waals surface area contributed by atoms with Gasteiger partial charge in [0.1, 0.15) is 6.10 Å². The van der Waals surface area contributed by atoms with E-state index in [1.807, 2.05) is 44.2 Å². The van der Waals surface area contributed by atoms with E-state index in [9.17, 15) is 9.59 Å². The van der Waals surface area contributed by atoms with Crippen molar-refractivity contribution >= 4 is 11.9 Å². The van der Waals surface area contributed by atoms with E-state index in [1.54, 1.807) is 0 Å². The summed E-state index contributed by atoms with van der Waals surface area (Å²) in [6, 6.07) is 9.63. The number of ether oxygens (including phenoxy) is 4. The highest BCUT2D eigenvalue weighted by Gasteiger charge is 2.54. The molecule has 1 saturated heterocycles. The lowest BCUT2D eigenvalue weighted by Gasteiger charge is -2.27. The Hall–Kier alpha value is -1.92. The average Bonchev–Trinajstić information content (AvgIpc) is 2.67. The van der Waals surface area contributed by atoms with Gasteiger partial charge in [-0.3, -0.25) is 9.59 Å². The van der Waals surface area contributed by atoms with Gasteiger partial charge >= 0.3 is 11.9 Å². The molecule has 0 saturated carbocycles. The normalized spacial score (nSPS) is 25.8. The summed E-state index contributed by atoms with van der Waals surface area (Å²) >= 11 is 0. The van der Waals surface area contributed by atoms with Gasteiger partial charge in [-0.05, 0) is 19.4 Å². The zero-order chi connectivity index (χ0) is 17.0. The van der Waals surface area contributed by atoms with Crippen molar-refractivity contribution in [3.8, 4) is 0 Å². The average molecular weight is 322 g/mol. The van der Waals surface area contributed by atoms with Gasteiger partial charge in [-0.1, -0.05) is 30.3 Å². The second-order valence-electron chi connectivity index (χ2n) is 5.99. The lowest BCUT2D eigenvalue weighted by atomic mass is 9.99. The quantitative estimate of drug-likeness (QED) is 0.774. The third-order valence-corrected chi connectivity index (χ3v) is 3.53. The van der Waals surface area contributed by atoms with Crippen LogP contribution in [0.1, 0.15) is 33.3 Å². The highest BCUT2D eigenvalue weighted by Crippen LogP contribution is 2.36. The van der Waals surface area contributed by atoms with Crippen molar-refractivity contribution in [3.05, 3.63) is 35.9 Å². The first-order valence-corrected chi connectivity index (χ1v) is 7.47. The Bertz CT molecular complexity index is 553. The summed E-state index contributed by atoms with van der Waals surface area (Å²) in [7, 11) is 0. The molecule has 1 aromatic rings. The summed E-state index contributed by atoms with van der Waals surface area (Å²) in [6.45, 7) is 6.53. The van der Waals surface area contributed by atoms with E-state index < -0.39 is 36.0 Å². The molecule has 0 spiro atoms. The SMILES string of the molecule is CC(=O)O[C@H]1OC(C)(C)[C@@H](OCc2ccccc2)[C@H]1OC(C)=O. The Labute approximate surface area is 135 Å². The van der Waals surface area contributed by atoms with Crippen molar-refractivity contribution in [1.82, 2.24) is 0 Å². The summed E-state index contributed by atoms with van der Waals surface area (Å²) in [5, 5.41) is 0. The first kappa shape index (κ1) is 17.4. The predicted molar refractivity (Wildman–Crippen MR) is 81.3 cm³/mol. The Morgan fingerprint density at radius 2 is 1.70 bits per heavy atom. The van der Waals surface area contributed by atoms with Crippen LogP contribution in [-0.4, -0.2) is 36.0 Å². The maximum Gasteiger partial charge on any atom is 0.305 e. The fourth-order valence-electron chi connectivity index (χ4n) is 2.59.